The van der Waals surface area contributed by atoms with Crippen molar-refractivity contribution in [3.63, 3.8) is 0 Å². The smallest absolute Gasteiger partial charge is 0.257 e. The number of aryl methyl sites for hydroxylation is 1. The molecule has 0 N–H and O–H groups in total. The molecule has 3 aromatic rings. The second-order valence-electron chi connectivity index (χ2n) is 6.39. The number of aromatic nitrogens is 4. The van der Waals surface area contributed by atoms with Crippen LogP contribution in [0.1, 0.15) is 11.6 Å². The van der Waals surface area contributed by atoms with Crippen LogP contribution in [0.25, 0.3) is 11.5 Å². The van der Waals surface area contributed by atoms with Gasteiger partial charge >= 0.3 is 0 Å². The molecule has 1 aliphatic heterocycles. The number of hydrogen-bond acceptors (Lipinski definition) is 6. The molecule has 2 aromatic heterocycles. The lowest BCUT2D eigenvalue weighted by atomic mass is 10.2. The minimum Gasteiger partial charge on any atom is -0.337 e. The van der Waals surface area contributed by atoms with E-state index < -0.39 is 0 Å². The minimum atomic E-state index is 0.587. The Morgan fingerprint density at radius 3 is 2.40 bits per heavy atom. The van der Waals surface area contributed by atoms with Crippen LogP contribution < -0.4 is 0 Å². The largest absolute Gasteiger partial charge is 0.337 e. The van der Waals surface area contributed by atoms with E-state index in [4.69, 9.17) is 4.52 Å². The molecule has 1 aromatic carbocycles. The first-order valence-corrected chi connectivity index (χ1v) is 8.57. The van der Waals surface area contributed by atoms with Crippen LogP contribution in [0.2, 0.25) is 0 Å². The Morgan fingerprint density at radius 2 is 1.72 bits per heavy atom. The molecule has 130 valence electrons. The number of imidazole rings is 1. The fourth-order valence-electron chi connectivity index (χ4n) is 3.07. The van der Waals surface area contributed by atoms with Gasteiger partial charge in [0, 0.05) is 51.2 Å². The zero-order valence-electron chi connectivity index (χ0n) is 14.4. The van der Waals surface area contributed by atoms with E-state index in [1.54, 1.807) is 0 Å². The Labute approximate surface area is 146 Å². The number of benzene rings is 1. The minimum absolute atomic E-state index is 0.587. The van der Waals surface area contributed by atoms with E-state index in [0.717, 1.165) is 56.5 Å². The van der Waals surface area contributed by atoms with Gasteiger partial charge in [-0.15, -0.1) is 0 Å². The van der Waals surface area contributed by atoms with Crippen LogP contribution in [0.3, 0.4) is 0 Å². The van der Waals surface area contributed by atoms with E-state index in [9.17, 15) is 0 Å². The molecule has 7 nitrogen and oxygen atoms in total. The van der Waals surface area contributed by atoms with Crippen LogP contribution in [0, 0.1) is 0 Å². The monoisotopic (exact) mass is 338 g/mol. The summed E-state index contributed by atoms with van der Waals surface area (Å²) in [7, 11) is 2.04. The summed E-state index contributed by atoms with van der Waals surface area (Å²) in [5.74, 6) is 2.44. The Bertz CT molecular complexity index is 804. The van der Waals surface area contributed by atoms with E-state index in [0.29, 0.717) is 5.89 Å². The molecule has 7 heteroatoms. The molecule has 1 saturated heterocycles. The maximum Gasteiger partial charge on any atom is 0.257 e. The van der Waals surface area contributed by atoms with Gasteiger partial charge in [0.15, 0.2) is 5.82 Å². The normalized spacial score (nSPS) is 16.4. The third kappa shape index (κ3) is 3.78. The summed E-state index contributed by atoms with van der Waals surface area (Å²) in [5.41, 5.74) is 0.959. The van der Waals surface area contributed by atoms with Crippen molar-refractivity contribution >= 4 is 0 Å². The van der Waals surface area contributed by atoms with Gasteiger partial charge in [0.25, 0.3) is 5.89 Å². The predicted molar refractivity (Wildman–Crippen MR) is 93.5 cm³/mol. The van der Waals surface area contributed by atoms with Crippen LogP contribution in [0.15, 0.2) is 47.2 Å². The van der Waals surface area contributed by atoms with E-state index in [-0.39, 0.29) is 0 Å². The van der Waals surface area contributed by atoms with Crippen molar-refractivity contribution < 1.29 is 4.52 Å². The number of nitrogens with zero attached hydrogens (tertiary/aromatic N) is 6. The van der Waals surface area contributed by atoms with Crippen molar-refractivity contribution in [3.8, 4) is 11.5 Å². The highest BCUT2D eigenvalue weighted by atomic mass is 16.5. The molecule has 1 aliphatic rings. The van der Waals surface area contributed by atoms with Crippen molar-refractivity contribution in [1.29, 1.82) is 0 Å². The molecule has 1 fully saturated rings. The summed E-state index contributed by atoms with van der Waals surface area (Å²) >= 11 is 0. The van der Waals surface area contributed by atoms with Gasteiger partial charge in [0.2, 0.25) is 0 Å². The highest BCUT2D eigenvalue weighted by Gasteiger charge is 2.20. The van der Waals surface area contributed by atoms with Crippen LogP contribution in [-0.2, 0) is 20.1 Å². The third-order valence-electron chi connectivity index (χ3n) is 4.60. The fraction of sp³-hybridized carbons (Fsp3) is 0.389. The van der Waals surface area contributed by atoms with Crippen LogP contribution in [-0.4, -0.2) is 55.7 Å². The molecule has 4 rings (SSSR count). The molecule has 0 atom stereocenters. The van der Waals surface area contributed by atoms with Gasteiger partial charge in [-0.2, -0.15) is 4.98 Å². The molecular weight excluding hydrogens is 316 g/mol. The number of piperazine rings is 1. The molecule has 0 unspecified atom stereocenters. The van der Waals surface area contributed by atoms with E-state index >= 15 is 0 Å². The lowest BCUT2D eigenvalue weighted by Gasteiger charge is -2.33. The summed E-state index contributed by atoms with van der Waals surface area (Å²) in [6.07, 6.45) is 3.85. The average molecular weight is 338 g/mol. The molecule has 0 radical (unpaired) electrons. The Morgan fingerprint density at radius 1 is 1.00 bits per heavy atom. The van der Waals surface area contributed by atoms with Gasteiger partial charge in [0.05, 0.1) is 13.1 Å². The topological polar surface area (TPSA) is 63.2 Å². The maximum atomic E-state index is 5.39. The second kappa shape index (κ2) is 7.16. The van der Waals surface area contributed by atoms with E-state index in [1.807, 2.05) is 49.8 Å². The Kier molecular flexibility index (Phi) is 4.58. The molecule has 0 bridgehead atoms. The molecule has 0 aliphatic carbocycles. The number of hydrogen-bond donors (Lipinski definition) is 0. The first-order valence-electron chi connectivity index (χ1n) is 8.57. The van der Waals surface area contributed by atoms with Crippen molar-refractivity contribution in [2.45, 2.75) is 13.1 Å². The lowest BCUT2D eigenvalue weighted by molar-refractivity contribution is 0.116. The van der Waals surface area contributed by atoms with Crippen LogP contribution in [0.5, 0.6) is 0 Å². The summed E-state index contributed by atoms with van der Waals surface area (Å²) in [4.78, 5) is 13.7. The van der Waals surface area contributed by atoms with E-state index in [2.05, 4.69) is 29.5 Å². The SMILES string of the molecule is Cn1ccnc1CN1CCN(Cc2noc(-c3ccccc3)n2)CC1. The summed E-state index contributed by atoms with van der Waals surface area (Å²) in [5, 5.41) is 4.12. The standard InChI is InChI=1S/C18H22N6O/c1-22-8-7-19-17(22)14-24-11-9-23(10-12-24)13-16-20-18(25-21-16)15-5-3-2-4-6-15/h2-8H,9-14H2,1H3. The number of rotatable bonds is 5. The van der Waals surface area contributed by atoms with Gasteiger partial charge in [-0.1, -0.05) is 23.4 Å². The molecule has 0 spiro atoms. The summed E-state index contributed by atoms with van der Waals surface area (Å²) < 4.78 is 7.47. The Balaban J connectivity index is 1.30. The quantitative estimate of drug-likeness (QED) is 0.707. The first-order chi connectivity index (χ1) is 12.3. The van der Waals surface area contributed by atoms with Crippen molar-refractivity contribution in [2.75, 3.05) is 26.2 Å². The van der Waals surface area contributed by atoms with Crippen molar-refractivity contribution in [3.05, 3.63) is 54.4 Å². The maximum absolute atomic E-state index is 5.39. The van der Waals surface area contributed by atoms with E-state index in [1.165, 1.54) is 0 Å². The molecule has 0 saturated carbocycles. The first kappa shape index (κ1) is 16.0. The van der Waals surface area contributed by atoms with Gasteiger partial charge in [-0.25, -0.2) is 4.98 Å². The highest BCUT2D eigenvalue weighted by molar-refractivity contribution is 5.51. The molecule has 3 heterocycles. The van der Waals surface area contributed by atoms with Crippen LogP contribution in [0.4, 0.5) is 0 Å². The van der Waals surface area contributed by atoms with Crippen molar-refractivity contribution in [1.82, 2.24) is 29.5 Å². The van der Waals surface area contributed by atoms with Gasteiger partial charge in [-0.3, -0.25) is 9.80 Å². The summed E-state index contributed by atoms with van der Waals surface area (Å²) in [6.45, 7) is 5.68. The molecule has 25 heavy (non-hydrogen) atoms. The molecular formula is C18H22N6O. The summed E-state index contributed by atoms with van der Waals surface area (Å²) in [6, 6.07) is 9.88. The zero-order valence-corrected chi connectivity index (χ0v) is 14.4. The second-order valence-corrected chi connectivity index (χ2v) is 6.39. The van der Waals surface area contributed by atoms with Gasteiger partial charge in [0.1, 0.15) is 5.82 Å². The molecule has 0 amide bonds. The Hall–Kier alpha value is -2.51. The van der Waals surface area contributed by atoms with Crippen molar-refractivity contribution in [2.24, 2.45) is 7.05 Å². The fourth-order valence-corrected chi connectivity index (χ4v) is 3.07. The lowest BCUT2D eigenvalue weighted by Crippen LogP contribution is -2.45. The van der Waals surface area contributed by atoms with Gasteiger partial charge < -0.3 is 9.09 Å². The third-order valence-corrected chi connectivity index (χ3v) is 4.60. The van der Waals surface area contributed by atoms with Gasteiger partial charge in [-0.05, 0) is 12.1 Å². The predicted octanol–water partition coefficient (Wildman–Crippen LogP) is 1.79. The average Bonchev–Trinajstić information content (AvgIpc) is 3.27. The van der Waals surface area contributed by atoms with Crippen LogP contribution >= 0.6 is 0 Å². The highest BCUT2D eigenvalue weighted by Crippen LogP contribution is 2.17. The zero-order chi connectivity index (χ0) is 17.1.